The number of likely N-dealkylation sites (tertiary alicyclic amines) is 2. The van der Waals surface area contributed by atoms with Crippen LogP contribution in [-0.2, 0) is 4.79 Å². The molecule has 3 heteroatoms. The molecular weight excluding hydrogens is 236 g/mol. The van der Waals surface area contributed by atoms with Crippen molar-refractivity contribution in [1.82, 2.24) is 9.80 Å². The average Bonchev–Trinajstić information content (AvgIpc) is 3.07. The molecule has 19 heavy (non-hydrogen) atoms. The van der Waals surface area contributed by atoms with Crippen molar-refractivity contribution in [2.24, 2.45) is 5.92 Å². The molecule has 1 amide bonds. The molecule has 0 saturated carbocycles. The van der Waals surface area contributed by atoms with Crippen LogP contribution in [0.4, 0.5) is 0 Å². The van der Waals surface area contributed by atoms with Crippen molar-refractivity contribution in [2.45, 2.75) is 57.0 Å². The third kappa shape index (κ3) is 2.71. The largest absolute Gasteiger partial charge is 0.338 e. The molecule has 0 N–H and O–H groups in total. The fraction of sp³-hybridized carbons (Fsp3) is 0.812. The lowest BCUT2D eigenvalue weighted by Crippen LogP contribution is -2.47. The van der Waals surface area contributed by atoms with Crippen molar-refractivity contribution in [3.05, 3.63) is 12.2 Å². The minimum atomic E-state index is 0.402. The Hall–Kier alpha value is -0.830. The highest BCUT2D eigenvalue weighted by molar-refractivity contribution is 5.77. The van der Waals surface area contributed by atoms with E-state index in [-0.39, 0.29) is 0 Å². The smallest absolute Gasteiger partial charge is 0.223 e. The van der Waals surface area contributed by atoms with Crippen molar-refractivity contribution in [1.29, 1.82) is 0 Å². The van der Waals surface area contributed by atoms with Crippen LogP contribution < -0.4 is 0 Å². The number of carbonyl (C=O) groups is 1. The molecule has 1 aliphatic carbocycles. The number of carbonyl (C=O) groups excluding carboxylic acids is 1. The molecule has 106 valence electrons. The Morgan fingerprint density at radius 2 is 1.95 bits per heavy atom. The van der Waals surface area contributed by atoms with Gasteiger partial charge in [0, 0.05) is 25.0 Å². The predicted molar refractivity (Wildman–Crippen MR) is 76.9 cm³/mol. The summed E-state index contributed by atoms with van der Waals surface area (Å²) >= 11 is 0. The van der Waals surface area contributed by atoms with E-state index in [1.165, 1.54) is 38.6 Å². The Labute approximate surface area is 116 Å². The normalized spacial score (nSPS) is 35.4. The molecule has 0 unspecified atom stereocenters. The van der Waals surface area contributed by atoms with Gasteiger partial charge in [-0.1, -0.05) is 12.2 Å². The third-order valence-electron chi connectivity index (χ3n) is 5.19. The van der Waals surface area contributed by atoms with Crippen LogP contribution in [0.1, 0.15) is 44.9 Å². The summed E-state index contributed by atoms with van der Waals surface area (Å²) in [4.78, 5) is 17.2. The van der Waals surface area contributed by atoms with Crippen LogP contribution in [0.3, 0.4) is 0 Å². The average molecular weight is 262 g/mol. The quantitative estimate of drug-likeness (QED) is 0.729. The lowest BCUT2D eigenvalue weighted by molar-refractivity contribution is -0.133. The van der Waals surface area contributed by atoms with Gasteiger partial charge in [0.15, 0.2) is 0 Å². The van der Waals surface area contributed by atoms with Gasteiger partial charge in [-0.2, -0.15) is 0 Å². The molecular formula is C16H26N2O. The van der Waals surface area contributed by atoms with Crippen LogP contribution in [0.25, 0.3) is 0 Å². The van der Waals surface area contributed by atoms with Gasteiger partial charge in [0.25, 0.3) is 0 Å². The van der Waals surface area contributed by atoms with Gasteiger partial charge in [-0.05, 0) is 58.0 Å². The van der Waals surface area contributed by atoms with Crippen LogP contribution in [0.2, 0.25) is 0 Å². The predicted octanol–water partition coefficient (Wildman–Crippen LogP) is 2.43. The van der Waals surface area contributed by atoms with Crippen LogP contribution in [-0.4, -0.2) is 47.9 Å². The van der Waals surface area contributed by atoms with Gasteiger partial charge in [-0.25, -0.2) is 0 Å². The molecule has 0 spiro atoms. The monoisotopic (exact) mass is 262 g/mol. The zero-order valence-corrected chi connectivity index (χ0v) is 12.1. The molecule has 0 aromatic heterocycles. The Balaban J connectivity index is 1.61. The molecule has 0 radical (unpaired) electrons. The molecule has 0 aromatic rings. The standard InChI is InChI=1S/C16H26N2O/c1-17-10-4-8-14(17)15-9-5-11-18(15)16(19)12-13-6-2-3-7-13/h2,6,13-15H,3-5,7-12H2,1H3/t13-,14+,15+/m0/s1. The summed E-state index contributed by atoms with van der Waals surface area (Å²) in [6, 6.07) is 1.11. The number of likely N-dealkylation sites (N-methyl/N-ethyl adjacent to an activating group) is 1. The van der Waals surface area contributed by atoms with Crippen molar-refractivity contribution < 1.29 is 4.79 Å². The van der Waals surface area contributed by atoms with E-state index in [4.69, 9.17) is 0 Å². The van der Waals surface area contributed by atoms with Gasteiger partial charge in [-0.15, -0.1) is 0 Å². The number of hydrogen-bond acceptors (Lipinski definition) is 2. The Morgan fingerprint density at radius 1 is 1.16 bits per heavy atom. The molecule has 2 saturated heterocycles. The van der Waals surface area contributed by atoms with E-state index in [1.807, 2.05) is 0 Å². The van der Waals surface area contributed by atoms with Gasteiger partial charge in [-0.3, -0.25) is 4.79 Å². The molecule has 0 aromatic carbocycles. The molecule has 2 fully saturated rings. The lowest BCUT2D eigenvalue weighted by Gasteiger charge is -2.33. The highest BCUT2D eigenvalue weighted by Gasteiger charge is 2.38. The summed E-state index contributed by atoms with van der Waals surface area (Å²) in [6.07, 6.45) is 12.5. The molecule has 3 nitrogen and oxygen atoms in total. The minimum absolute atomic E-state index is 0.402. The van der Waals surface area contributed by atoms with Crippen molar-refractivity contribution in [3.63, 3.8) is 0 Å². The summed E-state index contributed by atoms with van der Waals surface area (Å²) < 4.78 is 0. The SMILES string of the molecule is CN1CCC[C@@H]1[C@H]1CCCN1C(=O)C[C@H]1C=CCC1. The third-order valence-corrected chi connectivity index (χ3v) is 5.19. The second kappa shape index (κ2) is 5.66. The number of allylic oxidation sites excluding steroid dienone is 2. The Morgan fingerprint density at radius 3 is 2.63 bits per heavy atom. The number of nitrogens with zero attached hydrogens (tertiary/aromatic N) is 2. The van der Waals surface area contributed by atoms with Gasteiger partial charge in [0.2, 0.25) is 5.91 Å². The fourth-order valence-electron chi connectivity index (χ4n) is 4.13. The first-order valence-electron chi connectivity index (χ1n) is 7.92. The topological polar surface area (TPSA) is 23.6 Å². The highest BCUT2D eigenvalue weighted by atomic mass is 16.2. The summed E-state index contributed by atoms with van der Waals surface area (Å²) in [5, 5.41) is 0. The molecule has 2 heterocycles. The van der Waals surface area contributed by atoms with Gasteiger partial charge >= 0.3 is 0 Å². The zero-order chi connectivity index (χ0) is 13.2. The Bertz CT molecular complexity index is 366. The Kier molecular flexibility index (Phi) is 3.92. The van der Waals surface area contributed by atoms with E-state index in [9.17, 15) is 4.79 Å². The summed E-state index contributed by atoms with van der Waals surface area (Å²) in [5.41, 5.74) is 0. The molecule has 3 rings (SSSR count). The molecule has 2 aliphatic heterocycles. The molecule has 3 aliphatic rings. The van der Waals surface area contributed by atoms with Crippen LogP contribution in [0.15, 0.2) is 12.2 Å². The lowest BCUT2D eigenvalue weighted by atomic mass is 10.0. The van der Waals surface area contributed by atoms with E-state index in [1.54, 1.807) is 0 Å². The van der Waals surface area contributed by atoms with E-state index in [0.29, 0.717) is 23.9 Å². The van der Waals surface area contributed by atoms with Crippen molar-refractivity contribution in [3.8, 4) is 0 Å². The maximum Gasteiger partial charge on any atom is 0.223 e. The minimum Gasteiger partial charge on any atom is -0.338 e. The zero-order valence-electron chi connectivity index (χ0n) is 12.1. The van der Waals surface area contributed by atoms with Crippen molar-refractivity contribution in [2.75, 3.05) is 20.1 Å². The molecule has 3 atom stereocenters. The van der Waals surface area contributed by atoms with Gasteiger partial charge in [0.05, 0.1) is 0 Å². The molecule has 0 bridgehead atoms. The fourth-order valence-corrected chi connectivity index (χ4v) is 4.13. The second-order valence-electron chi connectivity index (χ2n) is 6.46. The van der Waals surface area contributed by atoms with Crippen LogP contribution >= 0.6 is 0 Å². The van der Waals surface area contributed by atoms with E-state index in [0.717, 1.165) is 19.4 Å². The van der Waals surface area contributed by atoms with Gasteiger partial charge in [0.1, 0.15) is 0 Å². The van der Waals surface area contributed by atoms with Gasteiger partial charge < -0.3 is 9.80 Å². The first kappa shape index (κ1) is 13.2. The van der Waals surface area contributed by atoms with E-state index >= 15 is 0 Å². The second-order valence-corrected chi connectivity index (χ2v) is 6.46. The number of amides is 1. The van der Waals surface area contributed by atoms with E-state index < -0.39 is 0 Å². The van der Waals surface area contributed by atoms with Crippen LogP contribution in [0, 0.1) is 5.92 Å². The number of hydrogen-bond donors (Lipinski definition) is 0. The maximum absolute atomic E-state index is 12.5. The summed E-state index contributed by atoms with van der Waals surface area (Å²) in [6.45, 7) is 2.19. The first-order valence-corrected chi connectivity index (χ1v) is 7.92. The van der Waals surface area contributed by atoms with Crippen LogP contribution in [0.5, 0.6) is 0 Å². The first-order chi connectivity index (χ1) is 9.25. The summed E-state index contributed by atoms with van der Waals surface area (Å²) in [5.74, 6) is 0.911. The van der Waals surface area contributed by atoms with E-state index in [2.05, 4.69) is 29.0 Å². The van der Waals surface area contributed by atoms with Crippen molar-refractivity contribution >= 4 is 5.91 Å². The number of rotatable bonds is 3. The summed E-state index contributed by atoms with van der Waals surface area (Å²) in [7, 11) is 2.22. The maximum atomic E-state index is 12.5. The highest BCUT2D eigenvalue weighted by Crippen LogP contribution is 2.31.